The second-order valence-corrected chi connectivity index (χ2v) is 3.36. The average Bonchev–Trinajstić information content (AvgIpc) is 2.06. The van der Waals surface area contributed by atoms with Gasteiger partial charge in [-0.05, 0) is 19.1 Å². The van der Waals surface area contributed by atoms with Gasteiger partial charge in [-0.15, -0.1) is 0 Å². The van der Waals surface area contributed by atoms with Gasteiger partial charge < -0.3 is 5.73 Å². The summed E-state index contributed by atoms with van der Waals surface area (Å²) >= 11 is 5.46. The first-order chi connectivity index (χ1) is 6.73. The fourth-order valence-corrected chi connectivity index (χ4v) is 1.46. The highest BCUT2D eigenvalue weighted by Gasteiger charge is 2.34. The molecule has 0 amide bonds. The Morgan fingerprint density at radius 1 is 1.40 bits per heavy atom. The molecule has 2 nitrogen and oxygen atoms in total. The topological polar surface area (TPSA) is 43.1 Å². The minimum atomic E-state index is -4.61. The fraction of sp³-hybridized carbons (Fsp3) is 0.222. The molecule has 0 saturated heterocycles. The summed E-state index contributed by atoms with van der Waals surface area (Å²) in [6, 6.07) is 1.83. The lowest BCUT2D eigenvalue weighted by atomic mass is 10.1. The molecule has 0 saturated carbocycles. The molecule has 0 heterocycles. The predicted molar refractivity (Wildman–Crippen MR) is 50.9 cm³/mol. The number of benzene rings is 1. The number of nitrogens with two attached hydrogens (primary N) is 1. The van der Waals surface area contributed by atoms with E-state index in [0.717, 1.165) is 13.0 Å². The zero-order chi connectivity index (χ0) is 11.8. The summed E-state index contributed by atoms with van der Waals surface area (Å²) in [7, 11) is 0. The summed E-state index contributed by atoms with van der Waals surface area (Å²) in [5, 5.41) is -0.607. The van der Waals surface area contributed by atoms with Gasteiger partial charge in [-0.25, -0.2) is 0 Å². The van der Waals surface area contributed by atoms with E-state index >= 15 is 0 Å². The number of nitrogen functional groups attached to an aromatic ring is 1. The number of hydrogen-bond acceptors (Lipinski definition) is 2. The van der Waals surface area contributed by atoms with E-state index in [0.29, 0.717) is 6.07 Å². The third-order valence-electron chi connectivity index (χ3n) is 1.78. The van der Waals surface area contributed by atoms with Gasteiger partial charge in [0.05, 0.1) is 10.6 Å². The number of carbonyl (C=O) groups is 1. The number of ketones is 1. The van der Waals surface area contributed by atoms with Crippen molar-refractivity contribution in [1.29, 1.82) is 0 Å². The predicted octanol–water partition coefficient (Wildman–Crippen LogP) is 3.14. The Balaban J connectivity index is 3.49. The molecule has 0 atom stereocenters. The molecule has 0 fully saturated rings. The Kier molecular flexibility index (Phi) is 2.95. The van der Waals surface area contributed by atoms with Gasteiger partial charge in [0.1, 0.15) is 0 Å². The molecule has 0 aliphatic carbocycles. The molecule has 0 spiro atoms. The Morgan fingerprint density at radius 2 is 1.93 bits per heavy atom. The van der Waals surface area contributed by atoms with Crippen molar-refractivity contribution in [3.05, 3.63) is 28.3 Å². The number of halogens is 4. The lowest BCUT2D eigenvalue weighted by Gasteiger charge is -2.12. The zero-order valence-corrected chi connectivity index (χ0v) is 8.41. The van der Waals surface area contributed by atoms with Crippen LogP contribution in [0.5, 0.6) is 0 Å². The van der Waals surface area contributed by atoms with Crippen molar-refractivity contribution >= 4 is 23.1 Å². The van der Waals surface area contributed by atoms with Gasteiger partial charge >= 0.3 is 6.18 Å². The van der Waals surface area contributed by atoms with Crippen LogP contribution in [0.4, 0.5) is 18.9 Å². The van der Waals surface area contributed by atoms with E-state index in [1.807, 2.05) is 0 Å². The number of hydrogen-bond donors (Lipinski definition) is 1. The van der Waals surface area contributed by atoms with E-state index in [9.17, 15) is 18.0 Å². The van der Waals surface area contributed by atoms with Gasteiger partial charge in [-0.2, -0.15) is 13.2 Å². The number of Topliss-reactive ketones (excluding diaryl/α,β-unsaturated/α-hetero) is 1. The lowest BCUT2D eigenvalue weighted by Crippen LogP contribution is -2.09. The van der Waals surface area contributed by atoms with E-state index < -0.39 is 22.5 Å². The summed E-state index contributed by atoms with van der Waals surface area (Å²) in [6.07, 6.45) is -4.61. The molecular formula is C9H7ClF3NO. The van der Waals surface area contributed by atoms with Crippen molar-refractivity contribution in [2.75, 3.05) is 5.73 Å². The van der Waals surface area contributed by atoms with Crippen molar-refractivity contribution < 1.29 is 18.0 Å². The van der Waals surface area contributed by atoms with Gasteiger partial charge in [-0.1, -0.05) is 11.6 Å². The van der Waals surface area contributed by atoms with Crippen LogP contribution in [0, 0.1) is 0 Å². The summed E-state index contributed by atoms with van der Waals surface area (Å²) < 4.78 is 37.3. The SMILES string of the molecule is CC(=O)c1cc(N)cc(C(F)(F)F)c1Cl. The van der Waals surface area contributed by atoms with E-state index in [2.05, 4.69) is 0 Å². The van der Waals surface area contributed by atoms with Crippen LogP contribution in [0.2, 0.25) is 5.02 Å². The first-order valence-corrected chi connectivity index (χ1v) is 4.28. The van der Waals surface area contributed by atoms with Gasteiger partial charge in [-0.3, -0.25) is 4.79 Å². The maximum Gasteiger partial charge on any atom is 0.417 e. The molecule has 1 aromatic carbocycles. The van der Waals surface area contributed by atoms with Crippen LogP contribution >= 0.6 is 11.6 Å². The Bertz CT molecular complexity index is 415. The molecule has 0 bridgehead atoms. The van der Waals surface area contributed by atoms with E-state index in [1.54, 1.807) is 0 Å². The van der Waals surface area contributed by atoms with Crippen LogP contribution in [0.15, 0.2) is 12.1 Å². The summed E-state index contributed by atoms with van der Waals surface area (Å²) in [5.41, 5.74) is 3.80. The second kappa shape index (κ2) is 3.73. The number of anilines is 1. The molecule has 0 unspecified atom stereocenters. The highest BCUT2D eigenvalue weighted by molar-refractivity contribution is 6.34. The third kappa shape index (κ3) is 2.41. The third-order valence-corrected chi connectivity index (χ3v) is 2.19. The van der Waals surface area contributed by atoms with Gasteiger partial charge in [0.15, 0.2) is 5.78 Å². The van der Waals surface area contributed by atoms with Crippen LogP contribution in [-0.2, 0) is 6.18 Å². The van der Waals surface area contributed by atoms with E-state index in [-0.39, 0.29) is 11.3 Å². The molecule has 82 valence electrons. The number of alkyl halides is 3. The summed E-state index contributed by atoms with van der Waals surface area (Å²) in [6.45, 7) is 1.13. The molecule has 1 aromatic rings. The molecule has 0 aliphatic heterocycles. The molecule has 15 heavy (non-hydrogen) atoms. The van der Waals surface area contributed by atoms with Crippen LogP contribution in [0.1, 0.15) is 22.8 Å². The Morgan fingerprint density at radius 3 is 2.33 bits per heavy atom. The van der Waals surface area contributed by atoms with Gasteiger partial charge in [0.2, 0.25) is 0 Å². The zero-order valence-electron chi connectivity index (χ0n) is 7.65. The van der Waals surface area contributed by atoms with E-state index in [4.69, 9.17) is 17.3 Å². The van der Waals surface area contributed by atoms with Gasteiger partial charge in [0.25, 0.3) is 0 Å². The minimum absolute atomic E-state index is 0.142. The molecule has 0 aromatic heterocycles. The van der Waals surface area contributed by atoms with Crippen LogP contribution in [0.25, 0.3) is 0 Å². The maximum absolute atomic E-state index is 12.4. The normalized spacial score (nSPS) is 11.5. The first kappa shape index (κ1) is 11.8. The van der Waals surface area contributed by atoms with Crippen LogP contribution in [0.3, 0.4) is 0 Å². The molecular weight excluding hydrogens is 231 g/mol. The van der Waals surface area contributed by atoms with Crippen molar-refractivity contribution in [2.24, 2.45) is 0 Å². The molecule has 1 rings (SSSR count). The molecule has 0 radical (unpaired) electrons. The average molecular weight is 238 g/mol. The smallest absolute Gasteiger partial charge is 0.399 e. The largest absolute Gasteiger partial charge is 0.417 e. The van der Waals surface area contributed by atoms with Crippen LogP contribution in [-0.4, -0.2) is 5.78 Å². The standard InChI is InChI=1S/C9H7ClF3NO/c1-4(15)6-2-5(14)3-7(8(6)10)9(11,12)13/h2-3H,14H2,1H3. The van der Waals surface area contributed by atoms with Gasteiger partial charge in [0, 0.05) is 11.3 Å². The first-order valence-electron chi connectivity index (χ1n) is 3.90. The maximum atomic E-state index is 12.4. The van der Waals surface area contributed by atoms with Crippen molar-refractivity contribution in [3.63, 3.8) is 0 Å². The fourth-order valence-electron chi connectivity index (χ4n) is 1.11. The lowest BCUT2D eigenvalue weighted by molar-refractivity contribution is -0.137. The summed E-state index contributed by atoms with van der Waals surface area (Å²) in [4.78, 5) is 11.0. The minimum Gasteiger partial charge on any atom is -0.399 e. The van der Waals surface area contributed by atoms with Crippen molar-refractivity contribution in [1.82, 2.24) is 0 Å². The Hall–Kier alpha value is -1.23. The number of rotatable bonds is 1. The summed E-state index contributed by atoms with van der Waals surface area (Å²) in [5.74, 6) is -0.558. The molecule has 2 N–H and O–H groups in total. The second-order valence-electron chi connectivity index (χ2n) is 2.98. The number of carbonyl (C=O) groups excluding carboxylic acids is 1. The van der Waals surface area contributed by atoms with Crippen LogP contribution < -0.4 is 5.73 Å². The van der Waals surface area contributed by atoms with E-state index in [1.165, 1.54) is 0 Å². The highest BCUT2D eigenvalue weighted by Crippen LogP contribution is 2.37. The quantitative estimate of drug-likeness (QED) is 0.602. The Labute approximate surface area is 88.8 Å². The van der Waals surface area contributed by atoms with Crippen molar-refractivity contribution in [3.8, 4) is 0 Å². The van der Waals surface area contributed by atoms with Crippen molar-refractivity contribution in [2.45, 2.75) is 13.1 Å². The monoisotopic (exact) mass is 237 g/mol. The molecule has 0 aliphatic rings. The molecule has 6 heteroatoms. The highest BCUT2D eigenvalue weighted by atomic mass is 35.5.